The van der Waals surface area contributed by atoms with Crippen LogP contribution in [0.1, 0.15) is 37.7 Å². The molecule has 1 aromatic rings. The van der Waals surface area contributed by atoms with Crippen LogP contribution in [-0.4, -0.2) is 11.9 Å². The second-order valence-corrected chi connectivity index (χ2v) is 5.51. The van der Waals surface area contributed by atoms with Gasteiger partial charge in [-0.25, -0.2) is 4.39 Å². The number of benzene rings is 1. The summed E-state index contributed by atoms with van der Waals surface area (Å²) in [6, 6.07) is 4.91. The van der Waals surface area contributed by atoms with Crippen molar-refractivity contribution in [2.24, 2.45) is 5.41 Å². The third kappa shape index (κ3) is 1.64. The van der Waals surface area contributed by atoms with Gasteiger partial charge in [0.25, 0.3) is 0 Å². The topological polar surface area (TPSA) is 26.3 Å². The molecule has 2 nitrogen and oxygen atoms in total. The number of carbonyl (C=O) groups is 1. The summed E-state index contributed by atoms with van der Waals surface area (Å²) >= 11 is 0. The van der Waals surface area contributed by atoms with Gasteiger partial charge in [-0.1, -0.05) is 18.9 Å². The summed E-state index contributed by atoms with van der Waals surface area (Å²) in [6.45, 7) is 1.73. The first-order valence-corrected chi connectivity index (χ1v) is 6.58. The Morgan fingerprint density at radius 1 is 1.33 bits per heavy atom. The second kappa shape index (κ2) is 4.08. The van der Waals surface area contributed by atoms with Crippen LogP contribution in [0.25, 0.3) is 0 Å². The summed E-state index contributed by atoms with van der Waals surface area (Å²) in [7, 11) is 0. The van der Waals surface area contributed by atoms with E-state index in [0.29, 0.717) is 23.5 Å². The molecule has 96 valence electrons. The maximum atomic E-state index is 13.5. The summed E-state index contributed by atoms with van der Waals surface area (Å²) in [6.07, 6.45) is 4.52. The predicted molar refractivity (Wildman–Crippen MR) is 66.1 cm³/mol. The molecular weight excluding hydrogens is 231 g/mol. The van der Waals surface area contributed by atoms with Crippen molar-refractivity contribution in [3.05, 3.63) is 29.6 Å². The fourth-order valence-corrected chi connectivity index (χ4v) is 3.19. The molecule has 0 bridgehead atoms. The van der Waals surface area contributed by atoms with Crippen LogP contribution in [0.5, 0.6) is 5.75 Å². The molecule has 1 aromatic carbocycles. The van der Waals surface area contributed by atoms with E-state index in [4.69, 9.17) is 4.74 Å². The van der Waals surface area contributed by atoms with Crippen LogP contribution in [0.3, 0.4) is 0 Å². The highest BCUT2D eigenvalue weighted by molar-refractivity contribution is 5.92. The van der Waals surface area contributed by atoms with Crippen molar-refractivity contribution >= 4 is 5.78 Å². The van der Waals surface area contributed by atoms with Gasteiger partial charge in [0.05, 0.1) is 5.41 Å². The number of aryl methyl sites for hydroxylation is 1. The van der Waals surface area contributed by atoms with E-state index < -0.39 is 0 Å². The molecule has 0 saturated heterocycles. The van der Waals surface area contributed by atoms with E-state index in [-0.39, 0.29) is 17.3 Å². The minimum absolute atomic E-state index is 0.0467. The molecule has 0 aromatic heterocycles. The maximum Gasteiger partial charge on any atom is 0.146 e. The molecule has 3 heteroatoms. The molecule has 18 heavy (non-hydrogen) atoms. The van der Waals surface area contributed by atoms with Gasteiger partial charge in [-0.15, -0.1) is 0 Å². The minimum atomic E-state index is -0.251. The van der Waals surface area contributed by atoms with Crippen molar-refractivity contribution in [1.82, 2.24) is 0 Å². The Morgan fingerprint density at radius 2 is 2.06 bits per heavy atom. The zero-order valence-electron chi connectivity index (χ0n) is 10.5. The number of carbonyl (C=O) groups excluding carboxylic acids is 1. The molecule has 2 saturated carbocycles. The quantitative estimate of drug-likeness (QED) is 0.801. The smallest absolute Gasteiger partial charge is 0.146 e. The Balaban J connectivity index is 1.77. The molecule has 0 aliphatic heterocycles. The predicted octanol–water partition coefficient (Wildman–Crippen LogP) is 3.41. The highest BCUT2D eigenvalue weighted by atomic mass is 19.1. The zero-order chi connectivity index (χ0) is 12.8. The Bertz CT molecular complexity index is 489. The number of rotatable bonds is 2. The number of ether oxygens (including phenoxy) is 1. The molecule has 0 N–H and O–H groups in total. The highest BCUT2D eigenvalue weighted by Crippen LogP contribution is 2.51. The van der Waals surface area contributed by atoms with E-state index >= 15 is 0 Å². The van der Waals surface area contributed by atoms with Crippen LogP contribution in [0, 0.1) is 18.2 Å². The lowest BCUT2D eigenvalue weighted by atomic mass is 9.63. The van der Waals surface area contributed by atoms with E-state index in [0.717, 1.165) is 25.7 Å². The summed E-state index contributed by atoms with van der Waals surface area (Å²) < 4.78 is 19.3. The first-order valence-electron chi connectivity index (χ1n) is 6.58. The fraction of sp³-hybridized carbons (Fsp3) is 0.533. The summed E-state index contributed by atoms with van der Waals surface area (Å²) in [5.41, 5.74) is 0.365. The van der Waals surface area contributed by atoms with E-state index in [2.05, 4.69) is 0 Å². The molecule has 1 spiro atoms. The average molecular weight is 248 g/mol. The van der Waals surface area contributed by atoms with Crippen molar-refractivity contribution < 1.29 is 13.9 Å². The Morgan fingerprint density at radius 3 is 2.67 bits per heavy atom. The average Bonchev–Trinajstić information content (AvgIpc) is 2.85. The third-order valence-corrected chi connectivity index (χ3v) is 4.46. The summed E-state index contributed by atoms with van der Waals surface area (Å²) in [5.74, 6) is 0.623. The normalized spacial score (nSPS) is 25.2. The largest absolute Gasteiger partial charge is 0.489 e. The number of hydrogen-bond donors (Lipinski definition) is 0. The summed E-state index contributed by atoms with van der Waals surface area (Å²) in [5, 5.41) is 0. The number of ketones is 1. The van der Waals surface area contributed by atoms with E-state index in [1.54, 1.807) is 19.1 Å². The van der Waals surface area contributed by atoms with Crippen molar-refractivity contribution in [3.63, 3.8) is 0 Å². The first-order chi connectivity index (χ1) is 8.62. The molecule has 3 rings (SSSR count). The SMILES string of the molecule is Cc1ccc(OC2CC(=O)C23CCCC3)cc1F. The molecular formula is C15H17FO2. The number of Topliss-reactive ketones (excluding diaryl/α,β-unsaturated/α-hetero) is 1. The van der Waals surface area contributed by atoms with Crippen LogP contribution in [0.2, 0.25) is 0 Å². The lowest BCUT2D eigenvalue weighted by Crippen LogP contribution is -2.55. The molecule has 1 atom stereocenters. The van der Waals surface area contributed by atoms with Crippen molar-refractivity contribution in [2.45, 2.75) is 45.1 Å². The van der Waals surface area contributed by atoms with Gasteiger partial charge in [0.15, 0.2) is 0 Å². The molecule has 2 aliphatic rings. The monoisotopic (exact) mass is 248 g/mol. The van der Waals surface area contributed by atoms with Crippen LogP contribution in [0.4, 0.5) is 4.39 Å². The van der Waals surface area contributed by atoms with Crippen molar-refractivity contribution in [2.75, 3.05) is 0 Å². The van der Waals surface area contributed by atoms with Crippen LogP contribution in [0.15, 0.2) is 18.2 Å². The first kappa shape index (κ1) is 11.7. The summed E-state index contributed by atoms with van der Waals surface area (Å²) in [4.78, 5) is 11.8. The van der Waals surface area contributed by atoms with Gasteiger partial charge in [0, 0.05) is 12.5 Å². The minimum Gasteiger partial charge on any atom is -0.489 e. The van der Waals surface area contributed by atoms with Crippen molar-refractivity contribution in [3.8, 4) is 5.75 Å². The Labute approximate surface area is 106 Å². The molecule has 0 radical (unpaired) electrons. The van der Waals surface area contributed by atoms with Crippen LogP contribution in [-0.2, 0) is 4.79 Å². The van der Waals surface area contributed by atoms with Gasteiger partial charge in [0.1, 0.15) is 23.5 Å². The van der Waals surface area contributed by atoms with Gasteiger partial charge in [0.2, 0.25) is 0 Å². The molecule has 1 unspecified atom stereocenters. The van der Waals surface area contributed by atoms with Crippen LogP contribution < -0.4 is 4.74 Å². The fourth-order valence-electron chi connectivity index (χ4n) is 3.19. The Hall–Kier alpha value is -1.38. The highest BCUT2D eigenvalue weighted by Gasteiger charge is 2.57. The number of halogens is 1. The van der Waals surface area contributed by atoms with Gasteiger partial charge in [-0.3, -0.25) is 4.79 Å². The second-order valence-electron chi connectivity index (χ2n) is 5.51. The zero-order valence-corrected chi connectivity index (χ0v) is 10.5. The lowest BCUT2D eigenvalue weighted by Gasteiger charge is -2.44. The molecule has 2 aliphatic carbocycles. The third-order valence-electron chi connectivity index (χ3n) is 4.46. The van der Waals surface area contributed by atoms with Gasteiger partial charge < -0.3 is 4.74 Å². The molecule has 0 amide bonds. The van der Waals surface area contributed by atoms with Crippen molar-refractivity contribution in [1.29, 1.82) is 0 Å². The van der Waals surface area contributed by atoms with E-state index in [9.17, 15) is 9.18 Å². The lowest BCUT2D eigenvalue weighted by molar-refractivity contribution is -0.151. The molecule has 0 heterocycles. The Kier molecular flexibility index (Phi) is 2.65. The standard InChI is InChI=1S/C15H17FO2/c1-10-4-5-11(8-12(10)16)18-14-9-13(17)15(14)6-2-3-7-15/h4-5,8,14H,2-3,6-7,9H2,1H3. The van der Waals surface area contributed by atoms with Gasteiger partial charge >= 0.3 is 0 Å². The molecule has 2 fully saturated rings. The maximum absolute atomic E-state index is 13.5. The van der Waals surface area contributed by atoms with E-state index in [1.165, 1.54) is 6.07 Å². The van der Waals surface area contributed by atoms with Gasteiger partial charge in [-0.05, 0) is 31.4 Å². The van der Waals surface area contributed by atoms with Crippen LogP contribution >= 0.6 is 0 Å². The van der Waals surface area contributed by atoms with Gasteiger partial charge in [-0.2, -0.15) is 0 Å². The van der Waals surface area contributed by atoms with E-state index in [1.807, 2.05) is 0 Å². The number of hydrogen-bond acceptors (Lipinski definition) is 2.